The van der Waals surface area contributed by atoms with E-state index in [-0.39, 0.29) is 47.5 Å². The first kappa shape index (κ1) is 49.4. The number of nitrogen functional groups attached to an aromatic ring is 1. The van der Waals surface area contributed by atoms with E-state index in [1.165, 1.54) is 20.8 Å². The van der Waals surface area contributed by atoms with Crippen molar-refractivity contribution in [2.24, 2.45) is 5.41 Å². The number of nitrogens with zero attached hydrogens (tertiary/aromatic N) is 4. The first-order valence-corrected chi connectivity index (χ1v) is 22.7. The van der Waals surface area contributed by atoms with Crippen molar-refractivity contribution in [3.63, 3.8) is 0 Å². The number of phosphoric acid groups is 3. The number of phosphoric ester groups is 3. The van der Waals surface area contributed by atoms with Crippen LogP contribution >= 0.6 is 35.2 Å². The highest BCUT2D eigenvalue weighted by Gasteiger charge is 2.50. The van der Waals surface area contributed by atoms with E-state index < -0.39 is 84.6 Å². The fourth-order valence-electron chi connectivity index (χ4n) is 5.03. The molecule has 1 aliphatic heterocycles. The number of anilines is 1. The van der Waals surface area contributed by atoms with Gasteiger partial charge in [0.2, 0.25) is 17.7 Å². The summed E-state index contributed by atoms with van der Waals surface area (Å²) in [6, 6.07) is 0. The van der Waals surface area contributed by atoms with Crippen LogP contribution in [0.25, 0.3) is 11.2 Å². The van der Waals surface area contributed by atoms with Crippen LogP contribution in [0.15, 0.2) is 12.7 Å². The van der Waals surface area contributed by atoms with Gasteiger partial charge in [0.25, 0.3) is 0 Å². The molecule has 0 radical (unpaired) electrons. The van der Waals surface area contributed by atoms with E-state index in [0.717, 1.165) is 29.0 Å². The molecule has 0 bridgehead atoms. The number of aromatic nitrogens is 4. The Morgan fingerprint density at radius 1 is 0.983 bits per heavy atom. The quantitative estimate of drug-likeness (QED) is 0.0445. The Labute approximate surface area is 334 Å². The zero-order valence-electron chi connectivity index (χ0n) is 31.3. The number of carbonyl (C=O) groups excluding carboxylic acids is 4. The summed E-state index contributed by atoms with van der Waals surface area (Å²) in [4.78, 5) is 98.4. The van der Waals surface area contributed by atoms with Crippen molar-refractivity contribution >= 4 is 75.0 Å². The van der Waals surface area contributed by atoms with Gasteiger partial charge in [0, 0.05) is 50.6 Å². The van der Waals surface area contributed by atoms with Gasteiger partial charge in [-0.05, 0) is 12.8 Å². The number of ether oxygens (including phenoxy) is 1. The van der Waals surface area contributed by atoms with Crippen LogP contribution in [0.3, 0.4) is 0 Å². The lowest BCUT2D eigenvalue weighted by Gasteiger charge is -2.30. The van der Waals surface area contributed by atoms with Crippen molar-refractivity contribution in [1.82, 2.24) is 35.5 Å². The maximum absolute atomic E-state index is 12.7. The van der Waals surface area contributed by atoms with Gasteiger partial charge >= 0.3 is 23.5 Å². The lowest BCUT2D eigenvalue weighted by atomic mass is 9.87. The molecule has 3 rings (SSSR count). The number of rotatable bonds is 24. The number of carbonyl (C=O) groups is 4. The minimum atomic E-state index is -5.58. The first-order valence-electron chi connectivity index (χ1n) is 17.2. The van der Waals surface area contributed by atoms with E-state index in [1.807, 2.05) is 0 Å². The molecule has 7 atom stereocenters. The van der Waals surface area contributed by atoms with E-state index in [0.29, 0.717) is 31.6 Å². The SMILES string of the molecule is CC(=O)NCCCCC(=O)SCCNC(=O)CCNC(=O)[C@H](O)C(C)(C)COP(=O)(O)OP(=O)(O)OC[C@H]1O[C@@H](n2cnc3c(N)ncnc32)[C@H](O)[C@@H]1OP(=O)(O)O. The monoisotopic (exact) mass is 908 g/mol. The van der Waals surface area contributed by atoms with Gasteiger partial charge in [0.05, 0.1) is 19.5 Å². The van der Waals surface area contributed by atoms with E-state index in [1.54, 1.807) is 0 Å². The van der Waals surface area contributed by atoms with Gasteiger partial charge in [-0.1, -0.05) is 25.6 Å². The number of hydrogen-bond donors (Lipinski definition) is 10. The van der Waals surface area contributed by atoms with Gasteiger partial charge in [-0.3, -0.25) is 37.3 Å². The largest absolute Gasteiger partial charge is 0.481 e. The smallest absolute Gasteiger partial charge is 0.386 e. The molecule has 11 N–H and O–H groups in total. The third kappa shape index (κ3) is 15.9. The minimum absolute atomic E-state index is 0.0256. The molecule has 3 heterocycles. The normalized spacial score (nSPS) is 21.2. The van der Waals surface area contributed by atoms with Crippen LogP contribution in [0.5, 0.6) is 0 Å². The first-order chi connectivity index (χ1) is 26.9. The molecule has 328 valence electrons. The van der Waals surface area contributed by atoms with Gasteiger partial charge in [0.1, 0.15) is 36.3 Å². The number of thioether (sulfide) groups is 1. The average molecular weight is 909 g/mol. The summed E-state index contributed by atoms with van der Waals surface area (Å²) >= 11 is 1.05. The third-order valence-corrected chi connectivity index (χ3v) is 12.0. The summed E-state index contributed by atoms with van der Waals surface area (Å²) in [6.45, 7) is 2.30. The average Bonchev–Trinajstić information content (AvgIpc) is 3.67. The van der Waals surface area contributed by atoms with Crippen LogP contribution in [0.1, 0.15) is 52.7 Å². The van der Waals surface area contributed by atoms with E-state index in [9.17, 15) is 62.7 Å². The molecule has 2 unspecified atom stereocenters. The van der Waals surface area contributed by atoms with Gasteiger partial charge in [-0.15, -0.1) is 0 Å². The second-order valence-corrected chi connectivity index (χ2v) is 18.6. The fourth-order valence-corrected chi connectivity index (χ4v) is 8.58. The highest BCUT2D eigenvalue weighted by molar-refractivity contribution is 8.13. The number of amides is 3. The second kappa shape index (κ2) is 21.5. The molecular formula is C28H47N8O18P3S. The Balaban J connectivity index is 1.44. The number of aliphatic hydroxyl groups is 2. The molecule has 26 nitrogen and oxygen atoms in total. The molecule has 0 saturated carbocycles. The summed E-state index contributed by atoms with van der Waals surface area (Å²) in [5.74, 6) is -1.32. The minimum Gasteiger partial charge on any atom is -0.386 e. The fraction of sp³-hybridized carbons (Fsp3) is 0.679. The van der Waals surface area contributed by atoms with Crippen molar-refractivity contribution in [2.45, 2.75) is 77.1 Å². The molecule has 0 aliphatic carbocycles. The highest BCUT2D eigenvalue weighted by Crippen LogP contribution is 2.61. The number of unbranched alkanes of at least 4 members (excludes halogenated alkanes) is 1. The van der Waals surface area contributed by atoms with E-state index in [4.69, 9.17) is 19.5 Å². The number of nitrogens with one attached hydrogen (secondary N) is 3. The number of hydrogen-bond acceptors (Lipinski definition) is 19. The molecule has 58 heavy (non-hydrogen) atoms. The summed E-state index contributed by atoms with van der Waals surface area (Å²) in [6.07, 6.45) is -5.40. The Hall–Kier alpha value is -2.97. The summed E-state index contributed by atoms with van der Waals surface area (Å²) in [5.41, 5.74) is 4.24. The molecule has 1 saturated heterocycles. The predicted molar refractivity (Wildman–Crippen MR) is 200 cm³/mol. The molecule has 0 aromatic carbocycles. The van der Waals surface area contributed by atoms with Gasteiger partial charge in [-0.25, -0.2) is 28.6 Å². The maximum Gasteiger partial charge on any atom is 0.481 e. The van der Waals surface area contributed by atoms with Crippen molar-refractivity contribution in [2.75, 3.05) is 44.3 Å². The summed E-state index contributed by atoms with van der Waals surface area (Å²) in [7, 11) is -16.4. The van der Waals surface area contributed by atoms with Crippen molar-refractivity contribution in [3.05, 3.63) is 12.7 Å². The van der Waals surface area contributed by atoms with Crippen molar-refractivity contribution in [3.8, 4) is 0 Å². The maximum atomic E-state index is 12.7. The standard InChI is InChI=1S/C28H47N8O18P3S/c1-16(37)30-8-5-4-6-19(39)58-11-10-31-18(38)7-9-32-26(42)23(41)28(2,3)13-51-57(48,49)54-56(46,47)50-12-17-22(53-55(43,44)45)21(40)27(52-17)36-15-35-20-24(29)33-14-34-25(20)36/h14-15,17,21-23,27,40-41H,4-13H2,1-3H3,(H,30,37)(H,31,38)(H,32,42)(H,46,47)(H,48,49)(H2,29,33,34)(H2,43,44,45)/t17-,21-,22-,23+,27-/m1/s1. The molecule has 1 fully saturated rings. The zero-order chi connectivity index (χ0) is 43.5. The van der Waals surface area contributed by atoms with Gasteiger partial charge < -0.3 is 56.2 Å². The molecule has 1 aliphatic rings. The van der Waals surface area contributed by atoms with E-state index in [2.05, 4.69) is 39.7 Å². The number of nitrogens with two attached hydrogens (primary N) is 1. The number of aliphatic hydroxyl groups excluding tert-OH is 2. The Morgan fingerprint density at radius 3 is 2.34 bits per heavy atom. The van der Waals surface area contributed by atoms with Gasteiger partial charge in [-0.2, -0.15) is 4.31 Å². The van der Waals surface area contributed by atoms with E-state index >= 15 is 0 Å². The van der Waals surface area contributed by atoms with Crippen LogP contribution in [0.2, 0.25) is 0 Å². The van der Waals surface area contributed by atoms with Crippen LogP contribution < -0.4 is 21.7 Å². The lowest BCUT2D eigenvalue weighted by Crippen LogP contribution is -2.46. The number of fused-ring (bicyclic) bond motifs is 1. The highest BCUT2D eigenvalue weighted by atomic mass is 32.2. The molecule has 3 amide bonds. The van der Waals surface area contributed by atoms with Crippen molar-refractivity contribution < 1.29 is 85.3 Å². The summed E-state index contributed by atoms with van der Waals surface area (Å²) in [5, 5.41) is 28.9. The zero-order valence-corrected chi connectivity index (χ0v) is 34.8. The van der Waals surface area contributed by atoms with Crippen molar-refractivity contribution in [1.29, 1.82) is 0 Å². The van der Waals surface area contributed by atoms with Gasteiger partial charge in [0.15, 0.2) is 22.8 Å². The van der Waals surface area contributed by atoms with Crippen LogP contribution in [-0.2, 0) is 55.5 Å². The number of imidazole rings is 1. The molecule has 30 heteroatoms. The Bertz CT molecular complexity index is 1900. The third-order valence-electron chi connectivity index (χ3n) is 7.95. The predicted octanol–water partition coefficient (Wildman–Crippen LogP) is -1.03. The molecular weight excluding hydrogens is 861 g/mol. The van der Waals surface area contributed by atoms with Crippen LogP contribution in [0, 0.1) is 5.41 Å². The Kier molecular flexibility index (Phi) is 18.3. The Morgan fingerprint density at radius 2 is 1.67 bits per heavy atom. The molecule has 2 aromatic heterocycles. The molecule has 2 aromatic rings. The second-order valence-electron chi connectivity index (χ2n) is 13.2. The summed E-state index contributed by atoms with van der Waals surface area (Å²) < 4.78 is 62.1. The molecule has 0 spiro atoms. The van der Waals surface area contributed by atoms with Crippen LogP contribution in [-0.4, -0.2) is 135 Å². The lowest BCUT2D eigenvalue weighted by molar-refractivity contribution is -0.137. The topological polar surface area (TPSA) is 393 Å². The van der Waals surface area contributed by atoms with Crippen LogP contribution in [0.4, 0.5) is 5.82 Å².